The normalized spacial score (nSPS) is 11.0. The van der Waals surface area contributed by atoms with Gasteiger partial charge >= 0.3 is 6.09 Å². The lowest BCUT2D eigenvalue weighted by Crippen LogP contribution is -2.33. The number of aryl methyl sites for hydroxylation is 7. The first-order valence-corrected chi connectivity index (χ1v) is 38.8. The van der Waals surface area contributed by atoms with Crippen LogP contribution in [0.2, 0.25) is 0 Å². The van der Waals surface area contributed by atoms with Gasteiger partial charge in [-0.15, -0.1) is 5.10 Å². The molecule has 8 aromatic heterocycles. The Labute approximate surface area is 708 Å². The van der Waals surface area contributed by atoms with Crippen LogP contribution in [-0.2, 0) is 100 Å². The highest BCUT2D eigenvalue weighted by atomic mass is 16.6. The van der Waals surface area contributed by atoms with Crippen molar-refractivity contribution >= 4 is 134 Å². The summed E-state index contributed by atoms with van der Waals surface area (Å²) in [6.45, 7) is 6.68. The molecule has 0 aliphatic heterocycles. The molecule has 0 radical (unpaired) electrons. The van der Waals surface area contributed by atoms with Gasteiger partial charge in [-0.25, -0.2) is 29.4 Å². The minimum absolute atomic E-state index is 0.0211. The number of ether oxygens (including phenoxy) is 3. The Balaban J connectivity index is 0.535. The highest BCUT2D eigenvalue weighted by molar-refractivity contribution is 6.09. The molecule has 0 atom stereocenters. The molecular formula is C79H96N28O17. The fraction of sp³-hybridized carbons (Fsp3) is 0.342. The third kappa shape index (κ3) is 26.8. The zero-order chi connectivity index (χ0) is 89.3. The molecule has 124 heavy (non-hydrogen) atoms. The molecule has 10 aromatic rings. The van der Waals surface area contributed by atoms with Crippen LogP contribution < -0.4 is 74.4 Å². The van der Waals surface area contributed by atoms with Crippen LogP contribution in [0.3, 0.4) is 0 Å². The first-order valence-electron chi connectivity index (χ1n) is 38.8. The minimum atomic E-state index is -0.709. The van der Waals surface area contributed by atoms with Crippen molar-refractivity contribution in [3.63, 3.8) is 0 Å². The summed E-state index contributed by atoms with van der Waals surface area (Å²) in [7, 11) is 11.1. The number of hydrogen-bond donors (Lipinski definition) is 14. The number of amides is 14. The van der Waals surface area contributed by atoms with Crippen LogP contribution in [0.1, 0.15) is 143 Å². The zero-order valence-corrected chi connectivity index (χ0v) is 69.6. The second kappa shape index (κ2) is 42.5. The topological polar surface area (TPSA) is 552 Å². The van der Waals surface area contributed by atoms with Gasteiger partial charge in [0.15, 0.2) is 23.3 Å². The number of nitrogens with one attached hydrogen (secondary N) is 14. The Bertz CT molecular complexity index is 5590. The Morgan fingerprint density at radius 2 is 0.847 bits per heavy atom. The molecule has 0 saturated carbocycles. The number of nitrogens with zero attached hydrogens (tertiary/aromatic N) is 14. The fourth-order valence-electron chi connectivity index (χ4n) is 12.0. The molecule has 0 aliphatic rings. The Morgan fingerprint density at radius 3 is 1.40 bits per heavy atom. The predicted molar refractivity (Wildman–Crippen MR) is 449 cm³/mol. The highest BCUT2D eigenvalue weighted by Gasteiger charge is 2.25. The van der Waals surface area contributed by atoms with E-state index in [0.29, 0.717) is 40.6 Å². The van der Waals surface area contributed by atoms with Crippen molar-refractivity contribution in [3.05, 3.63) is 174 Å². The fourth-order valence-corrected chi connectivity index (χ4v) is 12.0. The van der Waals surface area contributed by atoms with Crippen LogP contribution in [0.15, 0.2) is 123 Å². The first-order chi connectivity index (χ1) is 59.2. The molecule has 14 N–H and O–H groups in total. The SMILES string of the molecule is Cn1cc(NC(=O)c2nc(NC(=O)CCNC(=O)c3cc(NC(=O)c4nccn4C)cn3C)cn2C)cc1C(=O)NCCCC(=O)Nc1cn(C)c(C(=O)NCCC(=O)Nc2cc(C(=O)Nc3cn(C)c(C(=O)NCCC(=O)NCCOCCOCCn4cc(CC(=O)Nc5ccc(C(=O)Nc6ccccc6NC(=O)OC(C)(C)C)cc5)nn4)n3)n(C)c2)n1. The van der Waals surface area contributed by atoms with Crippen molar-refractivity contribution in [1.82, 2.24) is 93.5 Å². The smallest absolute Gasteiger partial charge is 0.412 e. The van der Waals surface area contributed by atoms with E-state index in [1.54, 1.807) is 146 Å². The van der Waals surface area contributed by atoms with Crippen LogP contribution >= 0.6 is 0 Å². The summed E-state index contributed by atoms with van der Waals surface area (Å²) < 4.78 is 28.3. The molecule has 0 fully saturated rings. The predicted octanol–water partition coefficient (Wildman–Crippen LogP) is 3.40. The standard InChI is InChI=1S/C79H96N28O17/c1-79(2,3)124-78(121)91-54-15-12-11-14-53(54)90-70(113)47-17-19-48(20-18-47)86-65(112)39-52-43-107(99-98-52)31-33-123-35-34-122-32-29-80-61(108)21-25-84-75(118)68-96-60(46-105(68)9)97-73(116)57-36-49(40-103(57)7)87-63(110)22-27-85-74(117)67-94-58(44-104(67)8)92-62(109)16-13-24-82-71(114)55-38-51(42-101(55)5)89-77(120)69-95-59(45-106(69)10)93-64(111)23-26-83-72(115)56-37-50(41-102(56)6)88-76(119)66-81-28-30-100(66)4/h11-12,14-15,17-20,28,30,36-38,40-46H,13,16,21-27,29,31-35,39H2,1-10H3,(H,80,108)(H,82,114)(H,83,115)(H,84,118)(H,85,117)(H,86,112)(H,87,110)(H,88,119)(H,89,120)(H,90,113)(H,91,121)(H,92,109)(H,93,111)(H,97,116). The van der Waals surface area contributed by atoms with Crippen LogP contribution in [-0.4, -0.2) is 215 Å². The first kappa shape index (κ1) is 90.9. The Morgan fingerprint density at radius 1 is 0.379 bits per heavy atom. The van der Waals surface area contributed by atoms with E-state index in [1.807, 2.05) is 0 Å². The third-order valence-electron chi connectivity index (χ3n) is 17.9. The summed E-state index contributed by atoms with van der Waals surface area (Å²) in [4.78, 5) is 198. The summed E-state index contributed by atoms with van der Waals surface area (Å²) in [6.07, 6.45) is 12.7. The maximum absolute atomic E-state index is 13.4. The highest BCUT2D eigenvalue weighted by Crippen LogP contribution is 2.25. The zero-order valence-electron chi connectivity index (χ0n) is 69.6. The number of carbonyl (C=O) groups is 14. The van der Waals surface area contributed by atoms with Gasteiger partial charge in [0.2, 0.25) is 47.0 Å². The van der Waals surface area contributed by atoms with E-state index in [9.17, 15) is 67.1 Å². The summed E-state index contributed by atoms with van der Waals surface area (Å²) in [6, 6.07) is 17.3. The summed E-state index contributed by atoms with van der Waals surface area (Å²) >= 11 is 0. The van der Waals surface area contributed by atoms with Crippen LogP contribution in [0.25, 0.3) is 0 Å². The monoisotopic (exact) mass is 1710 g/mol. The molecule has 0 spiro atoms. The number of aromatic nitrogens is 14. The van der Waals surface area contributed by atoms with Crippen molar-refractivity contribution in [1.29, 1.82) is 0 Å². The maximum atomic E-state index is 13.4. The van der Waals surface area contributed by atoms with E-state index >= 15 is 0 Å². The Hall–Kier alpha value is -15.4. The molecule has 2 aromatic carbocycles. The van der Waals surface area contributed by atoms with E-state index in [2.05, 4.69) is 105 Å². The molecule has 8 heterocycles. The van der Waals surface area contributed by atoms with Gasteiger partial charge in [-0.1, -0.05) is 17.3 Å². The number of para-hydroxylation sites is 2. The molecular weight excluding hydrogens is 1610 g/mol. The number of carbonyl (C=O) groups excluding carboxylic acids is 14. The van der Waals surface area contributed by atoms with Crippen molar-refractivity contribution in [3.8, 4) is 0 Å². The molecule has 0 bridgehead atoms. The average molecular weight is 1710 g/mol. The van der Waals surface area contributed by atoms with Gasteiger partial charge in [0.1, 0.15) is 22.7 Å². The van der Waals surface area contributed by atoms with Crippen molar-refractivity contribution < 1.29 is 81.3 Å². The van der Waals surface area contributed by atoms with Crippen molar-refractivity contribution in [2.24, 2.45) is 49.3 Å². The van der Waals surface area contributed by atoms with Gasteiger partial charge in [-0.05, 0) is 81.8 Å². The van der Waals surface area contributed by atoms with E-state index < -0.39 is 76.7 Å². The van der Waals surface area contributed by atoms with Crippen molar-refractivity contribution in [2.45, 2.75) is 71.4 Å². The summed E-state index contributed by atoms with van der Waals surface area (Å²) in [5.41, 5.74) is 2.68. The molecule has 0 aliphatic carbocycles. The van der Waals surface area contributed by atoms with E-state index in [1.165, 1.54) is 82.8 Å². The second-order valence-corrected chi connectivity index (χ2v) is 29.1. The summed E-state index contributed by atoms with van der Waals surface area (Å²) in [5.74, 6) is -6.27. The lowest BCUT2D eigenvalue weighted by atomic mass is 10.1. The summed E-state index contributed by atoms with van der Waals surface area (Å²) in [5, 5.41) is 45.7. The molecule has 0 unspecified atom stereocenters. The van der Waals surface area contributed by atoms with Gasteiger partial charge < -0.3 is 115 Å². The van der Waals surface area contributed by atoms with Crippen LogP contribution in [0.4, 0.5) is 56.4 Å². The number of hydrogen-bond acceptors (Lipinski definition) is 23. The second-order valence-electron chi connectivity index (χ2n) is 29.1. The van der Waals surface area contributed by atoms with E-state index in [0.717, 1.165) is 0 Å². The van der Waals surface area contributed by atoms with Gasteiger partial charge in [0, 0.05) is 175 Å². The Kier molecular flexibility index (Phi) is 31.1. The lowest BCUT2D eigenvalue weighted by molar-refractivity contribution is -0.121. The van der Waals surface area contributed by atoms with Gasteiger partial charge in [-0.2, -0.15) is 0 Å². The minimum Gasteiger partial charge on any atom is -0.444 e. The van der Waals surface area contributed by atoms with Gasteiger partial charge in [0.25, 0.3) is 47.3 Å². The molecule has 45 heteroatoms. The third-order valence-corrected chi connectivity index (χ3v) is 17.9. The molecule has 14 amide bonds. The van der Waals surface area contributed by atoms with Crippen LogP contribution in [0, 0.1) is 0 Å². The number of rotatable bonds is 41. The molecule has 0 saturated heterocycles. The largest absolute Gasteiger partial charge is 0.444 e. The van der Waals surface area contributed by atoms with E-state index in [-0.39, 0.29) is 179 Å². The van der Waals surface area contributed by atoms with Gasteiger partial charge in [0.05, 0.1) is 73.5 Å². The number of imidazole rings is 4. The quantitative estimate of drug-likeness (QED) is 0.0244. The molecule has 10 rings (SSSR count). The molecule has 45 nitrogen and oxygen atoms in total. The van der Waals surface area contributed by atoms with E-state index in [4.69, 9.17) is 14.2 Å². The number of anilines is 9. The molecule has 654 valence electrons. The van der Waals surface area contributed by atoms with Crippen LogP contribution in [0.5, 0.6) is 0 Å². The lowest BCUT2D eigenvalue weighted by Gasteiger charge is -2.20. The average Bonchev–Trinajstić information content (AvgIpc) is 1.50. The van der Waals surface area contributed by atoms with Gasteiger partial charge in [-0.3, -0.25) is 67.6 Å². The van der Waals surface area contributed by atoms with Crippen molar-refractivity contribution in [2.75, 3.05) is 107 Å². The maximum Gasteiger partial charge on any atom is 0.412 e. The number of benzene rings is 2.